The first kappa shape index (κ1) is 9.85. The molecule has 5 heteroatoms. The van der Waals surface area contributed by atoms with Gasteiger partial charge in [0.05, 0.1) is 0 Å². The van der Waals surface area contributed by atoms with Crippen molar-refractivity contribution in [2.75, 3.05) is 26.3 Å². The minimum Gasteiger partial charge on any atom is -0.390 e. The van der Waals surface area contributed by atoms with Gasteiger partial charge in [-0.25, -0.2) is 4.58 Å². The Morgan fingerprint density at radius 3 is 2.00 bits per heavy atom. The predicted octanol–water partition coefficient (Wildman–Crippen LogP) is -0.434. The summed E-state index contributed by atoms with van der Waals surface area (Å²) < 4.78 is 3.12. The molecule has 12 heavy (non-hydrogen) atoms. The van der Waals surface area contributed by atoms with Gasteiger partial charge in [0, 0.05) is 10.8 Å². The van der Waals surface area contributed by atoms with E-state index in [1.807, 2.05) is 15.3 Å². The van der Waals surface area contributed by atoms with E-state index in [9.17, 15) is 0 Å². The van der Waals surface area contributed by atoms with Gasteiger partial charge in [0.15, 0.2) is 13.1 Å². The third-order valence-electron chi connectivity index (χ3n) is 1.39. The molecule has 1 aromatic heterocycles. The van der Waals surface area contributed by atoms with Gasteiger partial charge in [0.1, 0.15) is 13.2 Å². The van der Waals surface area contributed by atoms with Crippen molar-refractivity contribution < 1.29 is 10.2 Å². The maximum Gasteiger partial charge on any atom is 0.314 e. The third kappa shape index (κ3) is 2.67. The van der Waals surface area contributed by atoms with Crippen LogP contribution in [0.1, 0.15) is 0 Å². The summed E-state index contributed by atoms with van der Waals surface area (Å²) in [5, 5.41) is 21.5. The van der Waals surface area contributed by atoms with E-state index < -0.39 is 0 Å². The van der Waals surface area contributed by atoms with Crippen molar-refractivity contribution in [3.05, 3.63) is 14.7 Å². The Kier molecular flexibility index (Phi) is 4.45. The van der Waals surface area contributed by atoms with Gasteiger partial charge >= 0.3 is 3.98 Å². The molecule has 0 radical (unpaired) electrons. The van der Waals surface area contributed by atoms with E-state index in [1.54, 1.807) is 22.7 Å². The molecule has 0 saturated heterocycles. The SMILES string of the molecule is OCC[N+](CCO)=c1sccs1. The Morgan fingerprint density at radius 1 is 1.08 bits per heavy atom. The van der Waals surface area contributed by atoms with E-state index in [0.717, 1.165) is 3.98 Å². The highest BCUT2D eigenvalue weighted by molar-refractivity contribution is 7.24. The fraction of sp³-hybridized carbons (Fsp3) is 0.571. The summed E-state index contributed by atoms with van der Waals surface area (Å²) in [5.74, 6) is 0. The molecule has 0 fully saturated rings. The first-order valence-corrected chi connectivity index (χ1v) is 5.46. The molecule has 3 nitrogen and oxygen atoms in total. The topological polar surface area (TPSA) is 43.5 Å². The lowest BCUT2D eigenvalue weighted by atomic mass is 10.6. The number of aliphatic hydroxyl groups is 2. The van der Waals surface area contributed by atoms with Crippen molar-refractivity contribution in [3.63, 3.8) is 0 Å². The van der Waals surface area contributed by atoms with Gasteiger partial charge < -0.3 is 10.2 Å². The molecule has 0 bridgehead atoms. The fourth-order valence-electron chi connectivity index (χ4n) is 0.885. The van der Waals surface area contributed by atoms with E-state index in [2.05, 4.69) is 0 Å². The van der Waals surface area contributed by atoms with E-state index >= 15 is 0 Å². The fourth-order valence-corrected chi connectivity index (χ4v) is 2.78. The molecule has 1 heterocycles. The highest BCUT2D eigenvalue weighted by Crippen LogP contribution is 1.92. The molecule has 1 rings (SSSR count). The van der Waals surface area contributed by atoms with E-state index in [4.69, 9.17) is 10.2 Å². The Labute approximate surface area is 78.9 Å². The normalized spacial score (nSPS) is 10.2. The van der Waals surface area contributed by atoms with Crippen LogP contribution in [0.2, 0.25) is 0 Å². The summed E-state index contributed by atoms with van der Waals surface area (Å²) in [6.07, 6.45) is 0. The van der Waals surface area contributed by atoms with Gasteiger partial charge in [0.2, 0.25) is 0 Å². The molecule has 0 aliphatic heterocycles. The number of rotatable bonds is 4. The Bertz CT molecular complexity index is 254. The summed E-state index contributed by atoms with van der Waals surface area (Å²) in [7, 11) is 0. The van der Waals surface area contributed by atoms with Crippen LogP contribution in [0.5, 0.6) is 0 Å². The van der Waals surface area contributed by atoms with Crippen LogP contribution in [0.4, 0.5) is 0 Å². The quantitative estimate of drug-likeness (QED) is 0.656. The molecule has 0 aliphatic rings. The molecule has 0 saturated carbocycles. The second kappa shape index (κ2) is 5.42. The zero-order chi connectivity index (χ0) is 8.81. The Morgan fingerprint density at radius 2 is 1.58 bits per heavy atom. The molecule has 0 unspecified atom stereocenters. The van der Waals surface area contributed by atoms with Gasteiger partial charge in [-0.3, -0.25) is 0 Å². The molecule has 0 aliphatic carbocycles. The van der Waals surface area contributed by atoms with Crippen LogP contribution in [-0.2, 0) is 0 Å². The van der Waals surface area contributed by atoms with Crippen LogP contribution in [0.3, 0.4) is 0 Å². The highest BCUT2D eigenvalue weighted by atomic mass is 32.2. The summed E-state index contributed by atoms with van der Waals surface area (Å²) in [6, 6.07) is 0. The lowest BCUT2D eigenvalue weighted by Crippen LogP contribution is -2.31. The maximum absolute atomic E-state index is 8.75. The van der Waals surface area contributed by atoms with Crippen molar-refractivity contribution in [1.82, 2.24) is 4.58 Å². The van der Waals surface area contributed by atoms with Crippen LogP contribution >= 0.6 is 22.7 Å². The molecule has 0 aromatic carbocycles. The maximum atomic E-state index is 8.75. The van der Waals surface area contributed by atoms with Gasteiger partial charge in [-0.1, -0.05) is 22.7 Å². The van der Waals surface area contributed by atoms with Gasteiger partial charge in [-0.15, -0.1) is 0 Å². The minimum atomic E-state index is 0.130. The monoisotopic (exact) mass is 206 g/mol. The molecule has 2 N–H and O–H groups in total. The number of hydrogen-bond donors (Lipinski definition) is 2. The van der Waals surface area contributed by atoms with Crippen LogP contribution in [0, 0.1) is 0 Å². The van der Waals surface area contributed by atoms with Crippen LogP contribution in [0.25, 0.3) is 0 Å². The van der Waals surface area contributed by atoms with E-state index in [-0.39, 0.29) is 13.2 Å². The molecule has 1 aromatic rings. The predicted molar refractivity (Wildman–Crippen MR) is 51.4 cm³/mol. The Balaban J connectivity index is 2.84. The third-order valence-corrected chi connectivity index (χ3v) is 3.60. The number of nitrogens with zero attached hydrogens (tertiary/aromatic N) is 1. The van der Waals surface area contributed by atoms with Crippen molar-refractivity contribution in [2.24, 2.45) is 0 Å². The second-order valence-corrected chi connectivity index (χ2v) is 4.26. The summed E-state index contributed by atoms with van der Waals surface area (Å²) >= 11 is 3.27. The zero-order valence-electron chi connectivity index (χ0n) is 6.64. The summed E-state index contributed by atoms with van der Waals surface area (Å²) in [6.45, 7) is 1.45. The van der Waals surface area contributed by atoms with Gasteiger partial charge in [-0.2, -0.15) is 0 Å². The minimum absolute atomic E-state index is 0.130. The zero-order valence-corrected chi connectivity index (χ0v) is 8.27. The lowest BCUT2D eigenvalue weighted by Gasteiger charge is -1.96. The molecule has 0 spiro atoms. The van der Waals surface area contributed by atoms with Gasteiger partial charge in [0.25, 0.3) is 0 Å². The van der Waals surface area contributed by atoms with Crippen molar-refractivity contribution in [1.29, 1.82) is 0 Å². The van der Waals surface area contributed by atoms with E-state index in [1.165, 1.54) is 0 Å². The number of hydrogen-bond acceptors (Lipinski definition) is 4. The highest BCUT2D eigenvalue weighted by Gasteiger charge is 2.04. The Hall–Kier alpha value is -0.230. The molecule has 0 amide bonds. The van der Waals surface area contributed by atoms with Crippen molar-refractivity contribution in [2.45, 2.75) is 0 Å². The summed E-state index contributed by atoms with van der Waals surface area (Å²) in [4.78, 5) is 0. The number of aliphatic hydroxyl groups excluding tert-OH is 2. The van der Waals surface area contributed by atoms with Crippen LogP contribution < -0.4 is 8.56 Å². The average Bonchev–Trinajstić information content (AvgIpc) is 2.56. The second-order valence-electron chi connectivity index (χ2n) is 2.21. The van der Waals surface area contributed by atoms with Crippen molar-refractivity contribution in [3.8, 4) is 0 Å². The molecular formula is C7H12NO2S2+. The van der Waals surface area contributed by atoms with E-state index in [0.29, 0.717) is 13.1 Å². The molecule has 68 valence electrons. The largest absolute Gasteiger partial charge is 0.390 e. The molecular weight excluding hydrogens is 194 g/mol. The first-order valence-electron chi connectivity index (χ1n) is 3.70. The van der Waals surface area contributed by atoms with Crippen molar-refractivity contribution >= 4 is 22.7 Å². The average molecular weight is 206 g/mol. The summed E-state index contributed by atoms with van der Waals surface area (Å²) in [5.41, 5.74) is 0. The standard InChI is InChI=1S/C7H12NO2S2/c9-3-1-8(2-4-10)7-11-5-6-12-7/h5-6,9-10H,1-4H2/q+1. The van der Waals surface area contributed by atoms with Gasteiger partial charge in [-0.05, 0) is 0 Å². The van der Waals surface area contributed by atoms with Crippen LogP contribution in [-0.4, -0.2) is 36.5 Å². The first-order chi connectivity index (χ1) is 5.88. The molecule has 0 atom stereocenters. The lowest BCUT2D eigenvalue weighted by molar-refractivity contribution is 0.252. The van der Waals surface area contributed by atoms with Crippen LogP contribution in [0.15, 0.2) is 10.8 Å². The smallest absolute Gasteiger partial charge is 0.314 e.